The Morgan fingerprint density at radius 2 is 2.10 bits per heavy atom. The van der Waals surface area contributed by atoms with Crippen LogP contribution in [0.3, 0.4) is 0 Å². The van der Waals surface area contributed by atoms with Crippen LogP contribution in [0.1, 0.15) is 29.0 Å². The van der Waals surface area contributed by atoms with Gasteiger partial charge in [0, 0.05) is 16.0 Å². The first-order chi connectivity index (χ1) is 14.1. The fraction of sp³-hybridized carbons (Fsp3) is 0.286. The number of rotatable bonds is 4. The van der Waals surface area contributed by atoms with Crippen LogP contribution in [-0.4, -0.2) is 28.9 Å². The third kappa shape index (κ3) is 2.82. The summed E-state index contributed by atoms with van der Waals surface area (Å²) >= 11 is 1.64. The van der Waals surface area contributed by atoms with Crippen molar-refractivity contribution in [2.75, 3.05) is 7.11 Å². The number of nitrogens with zero attached hydrogens (tertiary/aromatic N) is 2. The van der Waals surface area contributed by atoms with Crippen molar-refractivity contribution in [3.8, 4) is 17.2 Å². The van der Waals surface area contributed by atoms with E-state index in [0.717, 1.165) is 29.7 Å². The number of imide groups is 1. The number of oxazole rings is 1. The van der Waals surface area contributed by atoms with Crippen LogP contribution in [0.5, 0.6) is 5.75 Å². The van der Waals surface area contributed by atoms with Crippen LogP contribution in [0, 0.1) is 0 Å². The quantitative estimate of drug-likeness (QED) is 0.664. The number of fused-ring (bicyclic) bond motifs is 2. The number of methoxy groups -OCH3 is 1. The molecule has 29 heavy (non-hydrogen) atoms. The maximum Gasteiger partial charge on any atom is 0.325 e. The lowest BCUT2D eigenvalue weighted by Crippen LogP contribution is -2.46. The topological polar surface area (TPSA) is 84.7 Å². The van der Waals surface area contributed by atoms with E-state index in [-0.39, 0.29) is 18.5 Å². The third-order valence-electron chi connectivity index (χ3n) is 5.55. The van der Waals surface area contributed by atoms with Gasteiger partial charge in [-0.25, -0.2) is 9.78 Å². The van der Waals surface area contributed by atoms with E-state index in [1.807, 2.05) is 35.7 Å². The first kappa shape index (κ1) is 17.9. The average Bonchev–Trinajstić information content (AvgIpc) is 3.45. The molecule has 148 valence electrons. The number of urea groups is 1. The van der Waals surface area contributed by atoms with Gasteiger partial charge in [-0.1, -0.05) is 0 Å². The van der Waals surface area contributed by atoms with Crippen molar-refractivity contribution in [1.82, 2.24) is 15.2 Å². The largest absolute Gasteiger partial charge is 0.497 e. The zero-order valence-electron chi connectivity index (χ0n) is 15.8. The number of benzene rings is 1. The lowest BCUT2D eigenvalue weighted by atomic mass is 9.80. The first-order valence-corrected chi connectivity index (χ1v) is 10.3. The van der Waals surface area contributed by atoms with Gasteiger partial charge in [-0.2, -0.15) is 0 Å². The maximum absolute atomic E-state index is 13.3. The van der Waals surface area contributed by atoms with Gasteiger partial charge in [0.05, 0.1) is 19.3 Å². The summed E-state index contributed by atoms with van der Waals surface area (Å²) in [6.07, 6.45) is 3.93. The molecular weight excluding hydrogens is 390 g/mol. The van der Waals surface area contributed by atoms with E-state index in [0.29, 0.717) is 18.0 Å². The Balaban J connectivity index is 1.39. The van der Waals surface area contributed by atoms with Crippen molar-refractivity contribution in [1.29, 1.82) is 0 Å². The van der Waals surface area contributed by atoms with Gasteiger partial charge < -0.3 is 14.5 Å². The minimum atomic E-state index is -0.937. The second-order valence-electron chi connectivity index (χ2n) is 7.21. The van der Waals surface area contributed by atoms with Crippen LogP contribution >= 0.6 is 11.3 Å². The van der Waals surface area contributed by atoms with Crippen LogP contribution in [-0.2, 0) is 23.3 Å². The minimum Gasteiger partial charge on any atom is -0.497 e. The summed E-state index contributed by atoms with van der Waals surface area (Å²) in [5, 5.41) is 4.94. The predicted molar refractivity (Wildman–Crippen MR) is 107 cm³/mol. The Bertz CT molecular complexity index is 1090. The summed E-state index contributed by atoms with van der Waals surface area (Å²) in [5.74, 6) is 0.962. The molecule has 1 N–H and O–H groups in total. The Labute approximate surface area is 171 Å². The normalized spacial score (nSPS) is 20.8. The molecule has 2 aromatic heterocycles. The zero-order chi connectivity index (χ0) is 20.0. The van der Waals surface area contributed by atoms with E-state index in [1.54, 1.807) is 18.4 Å². The molecule has 2 aliphatic rings. The highest BCUT2D eigenvalue weighted by Crippen LogP contribution is 2.42. The molecule has 1 aliphatic heterocycles. The van der Waals surface area contributed by atoms with Gasteiger partial charge in [0.15, 0.2) is 0 Å². The number of amides is 3. The predicted octanol–water partition coefficient (Wildman–Crippen LogP) is 3.70. The van der Waals surface area contributed by atoms with Gasteiger partial charge in [-0.05, 0) is 55.0 Å². The molecule has 5 rings (SSSR count). The Hall–Kier alpha value is -3.13. The molecule has 1 spiro atoms. The molecule has 0 saturated carbocycles. The molecule has 1 aliphatic carbocycles. The molecular formula is C21H19N3O4S. The molecule has 3 aromatic rings. The molecule has 3 amide bonds. The van der Waals surface area contributed by atoms with E-state index in [4.69, 9.17) is 9.15 Å². The lowest BCUT2D eigenvalue weighted by molar-refractivity contribution is -0.132. The Morgan fingerprint density at radius 3 is 2.90 bits per heavy atom. The monoisotopic (exact) mass is 409 g/mol. The summed E-state index contributed by atoms with van der Waals surface area (Å²) in [6, 6.07) is 8.90. The summed E-state index contributed by atoms with van der Waals surface area (Å²) in [6.45, 7) is 0.0749. The third-order valence-corrected chi connectivity index (χ3v) is 6.53. The molecule has 1 fully saturated rings. The van der Waals surface area contributed by atoms with Gasteiger partial charge in [-0.3, -0.25) is 9.69 Å². The van der Waals surface area contributed by atoms with E-state index in [1.165, 1.54) is 16.0 Å². The number of hydrogen-bond acceptors (Lipinski definition) is 6. The smallest absolute Gasteiger partial charge is 0.325 e. The number of aryl methyl sites for hydroxylation is 1. The Kier molecular flexibility index (Phi) is 4.16. The molecule has 0 bridgehead atoms. The number of thiophene rings is 1. The highest BCUT2D eigenvalue weighted by atomic mass is 32.1. The van der Waals surface area contributed by atoms with E-state index >= 15 is 0 Å². The van der Waals surface area contributed by atoms with Crippen LogP contribution in [0.2, 0.25) is 0 Å². The molecule has 1 unspecified atom stereocenters. The number of ether oxygens (including phenoxy) is 1. The van der Waals surface area contributed by atoms with E-state index in [2.05, 4.69) is 10.3 Å². The minimum absolute atomic E-state index is 0.0749. The Morgan fingerprint density at radius 1 is 1.28 bits per heavy atom. The highest BCUT2D eigenvalue weighted by Gasteiger charge is 2.54. The number of carbonyl (C=O) groups is 2. The van der Waals surface area contributed by atoms with Crippen molar-refractivity contribution in [2.24, 2.45) is 0 Å². The van der Waals surface area contributed by atoms with Crippen molar-refractivity contribution in [3.63, 3.8) is 0 Å². The standard InChI is InChI=1S/C21H19N3O4S/c1-27-15-6-4-13(5-7-15)18-22-14(12-28-18)11-24-19(25)21(23-20(24)26)9-2-3-17-16(21)8-10-29-17/h4-8,10,12H,2-3,9,11H2,1H3,(H,23,26). The first-order valence-electron chi connectivity index (χ1n) is 9.40. The number of nitrogens with one attached hydrogen (secondary N) is 1. The van der Waals surface area contributed by atoms with E-state index < -0.39 is 5.54 Å². The SMILES string of the molecule is COc1ccc(-c2nc(CN3C(=O)NC4(CCCc5sccc54)C3=O)co2)cc1. The number of hydrogen-bond donors (Lipinski definition) is 1. The van der Waals surface area contributed by atoms with E-state index in [9.17, 15) is 9.59 Å². The van der Waals surface area contributed by atoms with Crippen LogP contribution in [0.15, 0.2) is 46.4 Å². The number of aromatic nitrogens is 1. The van der Waals surface area contributed by atoms with Gasteiger partial charge in [-0.15, -0.1) is 11.3 Å². The maximum atomic E-state index is 13.3. The van der Waals surface area contributed by atoms with Crippen molar-refractivity contribution in [2.45, 2.75) is 31.3 Å². The van der Waals surface area contributed by atoms with Crippen LogP contribution in [0.4, 0.5) is 4.79 Å². The molecule has 1 saturated heterocycles. The van der Waals surface area contributed by atoms with Crippen LogP contribution in [0.25, 0.3) is 11.5 Å². The molecule has 3 heterocycles. The van der Waals surface area contributed by atoms with Crippen molar-refractivity contribution in [3.05, 3.63) is 58.1 Å². The number of carbonyl (C=O) groups excluding carboxylic acids is 2. The molecule has 0 radical (unpaired) electrons. The molecule has 8 heteroatoms. The van der Waals surface area contributed by atoms with Gasteiger partial charge in [0.1, 0.15) is 17.6 Å². The summed E-state index contributed by atoms with van der Waals surface area (Å²) in [5.41, 5.74) is 1.32. The lowest BCUT2D eigenvalue weighted by Gasteiger charge is -2.31. The second kappa shape index (κ2) is 6.73. The van der Waals surface area contributed by atoms with Gasteiger partial charge >= 0.3 is 6.03 Å². The molecule has 1 atom stereocenters. The second-order valence-corrected chi connectivity index (χ2v) is 8.21. The fourth-order valence-corrected chi connectivity index (χ4v) is 5.09. The highest BCUT2D eigenvalue weighted by molar-refractivity contribution is 7.10. The summed E-state index contributed by atoms with van der Waals surface area (Å²) < 4.78 is 10.7. The fourth-order valence-electron chi connectivity index (χ4n) is 4.09. The molecule has 1 aromatic carbocycles. The summed E-state index contributed by atoms with van der Waals surface area (Å²) in [4.78, 5) is 32.8. The zero-order valence-corrected chi connectivity index (χ0v) is 16.6. The van der Waals surface area contributed by atoms with Crippen molar-refractivity contribution < 1.29 is 18.7 Å². The van der Waals surface area contributed by atoms with Gasteiger partial charge in [0.25, 0.3) is 5.91 Å². The van der Waals surface area contributed by atoms with Crippen molar-refractivity contribution >= 4 is 23.3 Å². The van der Waals surface area contributed by atoms with Gasteiger partial charge in [0.2, 0.25) is 5.89 Å². The average molecular weight is 409 g/mol. The molecule has 7 nitrogen and oxygen atoms in total. The summed E-state index contributed by atoms with van der Waals surface area (Å²) in [7, 11) is 1.61. The van der Waals surface area contributed by atoms with Crippen LogP contribution < -0.4 is 10.1 Å².